The zero-order valence-corrected chi connectivity index (χ0v) is 12.3. The number of halogens is 3. The summed E-state index contributed by atoms with van der Waals surface area (Å²) in [4.78, 5) is 6.25. The van der Waals surface area contributed by atoms with E-state index in [1.807, 2.05) is 19.1 Å². The summed E-state index contributed by atoms with van der Waals surface area (Å²) in [5, 5.41) is 4.90. The molecule has 0 spiro atoms. The average molecular weight is 321 g/mol. The van der Waals surface area contributed by atoms with Crippen molar-refractivity contribution in [2.75, 3.05) is 5.43 Å². The Morgan fingerprint density at radius 3 is 2.72 bits per heavy atom. The lowest BCUT2D eigenvalue weighted by Gasteiger charge is -2.03. The van der Waals surface area contributed by atoms with Crippen molar-refractivity contribution in [3.8, 4) is 0 Å². The third-order valence-corrected chi connectivity index (χ3v) is 3.91. The number of nitrogens with zero attached hydrogens (tertiary/aromatic N) is 2. The van der Waals surface area contributed by atoms with Crippen molar-refractivity contribution in [1.82, 2.24) is 4.98 Å². The van der Waals surface area contributed by atoms with Crippen molar-refractivity contribution in [1.29, 1.82) is 0 Å². The number of thiophene rings is 1. The molecule has 2 aromatic rings. The molecule has 94 valence electrons. The second kappa shape index (κ2) is 5.89. The zero-order valence-electron chi connectivity index (χ0n) is 9.25. The molecule has 0 aliphatic heterocycles. The summed E-state index contributed by atoms with van der Waals surface area (Å²) in [7, 11) is 0. The van der Waals surface area contributed by atoms with Crippen LogP contribution in [-0.2, 0) is 0 Å². The summed E-state index contributed by atoms with van der Waals surface area (Å²) >= 11 is 19.2. The van der Waals surface area contributed by atoms with Gasteiger partial charge in [-0.05, 0) is 25.1 Å². The molecule has 0 aromatic carbocycles. The lowest BCUT2D eigenvalue weighted by molar-refractivity contribution is 1.23. The second-order valence-corrected chi connectivity index (χ2v) is 5.90. The molecule has 0 unspecified atom stereocenters. The molecule has 2 rings (SSSR count). The van der Waals surface area contributed by atoms with Crippen molar-refractivity contribution < 1.29 is 0 Å². The van der Waals surface area contributed by atoms with Crippen molar-refractivity contribution in [3.05, 3.63) is 43.2 Å². The lowest BCUT2D eigenvalue weighted by atomic mass is 10.4. The summed E-state index contributed by atoms with van der Waals surface area (Å²) in [5.41, 5.74) is 2.73. The number of hydrogen-bond donors (Lipinski definition) is 1. The van der Waals surface area contributed by atoms with Gasteiger partial charge in [-0.1, -0.05) is 34.8 Å². The van der Waals surface area contributed by atoms with E-state index in [0.717, 1.165) is 4.88 Å². The van der Waals surface area contributed by atoms with Gasteiger partial charge in [-0.2, -0.15) is 5.10 Å². The molecule has 2 aromatic heterocycles. The van der Waals surface area contributed by atoms with Gasteiger partial charge in [0.05, 0.1) is 16.3 Å². The van der Waals surface area contributed by atoms with E-state index in [2.05, 4.69) is 15.5 Å². The van der Waals surface area contributed by atoms with Crippen molar-refractivity contribution in [2.24, 2.45) is 5.10 Å². The minimum atomic E-state index is 0.186. The number of aromatic nitrogens is 1. The zero-order chi connectivity index (χ0) is 13.1. The maximum Gasteiger partial charge on any atom is 0.166 e. The van der Waals surface area contributed by atoms with Gasteiger partial charge in [0.15, 0.2) is 5.82 Å². The smallest absolute Gasteiger partial charge is 0.166 e. The minimum Gasteiger partial charge on any atom is -0.260 e. The molecule has 0 aliphatic rings. The van der Waals surface area contributed by atoms with E-state index in [9.17, 15) is 0 Å². The number of nitrogens with one attached hydrogen (secondary N) is 1. The molecule has 7 heteroatoms. The van der Waals surface area contributed by atoms with E-state index in [1.54, 1.807) is 17.6 Å². The number of pyridine rings is 1. The van der Waals surface area contributed by atoms with Gasteiger partial charge in [-0.25, -0.2) is 4.98 Å². The fraction of sp³-hybridized carbons (Fsp3) is 0.0909. The topological polar surface area (TPSA) is 37.3 Å². The highest BCUT2D eigenvalue weighted by Gasteiger charge is 2.06. The molecule has 0 bridgehead atoms. The van der Waals surface area contributed by atoms with E-state index in [1.165, 1.54) is 10.9 Å². The number of hydrogen-bond acceptors (Lipinski definition) is 4. The van der Waals surface area contributed by atoms with E-state index >= 15 is 0 Å². The van der Waals surface area contributed by atoms with Crippen LogP contribution < -0.4 is 5.43 Å². The van der Waals surface area contributed by atoms with E-state index in [0.29, 0.717) is 15.9 Å². The third-order valence-electron chi connectivity index (χ3n) is 2.01. The fourth-order valence-corrected chi connectivity index (χ4v) is 2.49. The molecule has 1 N–H and O–H groups in total. The van der Waals surface area contributed by atoms with E-state index < -0.39 is 0 Å². The van der Waals surface area contributed by atoms with Crippen LogP contribution in [0.3, 0.4) is 0 Å². The highest BCUT2D eigenvalue weighted by molar-refractivity contribution is 7.13. The van der Waals surface area contributed by atoms with Crippen molar-refractivity contribution in [2.45, 2.75) is 6.92 Å². The van der Waals surface area contributed by atoms with Crippen LogP contribution in [0.5, 0.6) is 0 Å². The van der Waals surface area contributed by atoms with Crippen LogP contribution in [0.25, 0.3) is 0 Å². The van der Waals surface area contributed by atoms with Crippen LogP contribution in [0.15, 0.2) is 23.3 Å². The van der Waals surface area contributed by atoms with Gasteiger partial charge in [0.1, 0.15) is 5.15 Å². The van der Waals surface area contributed by atoms with Crippen LogP contribution in [0, 0.1) is 6.92 Å². The molecule has 0 saturated heterocycles. The molecular formula is C11H8Cl3N3S. The van der Waals surface area contributed by atoms with Crippen LogP contribution in [0.2, 0.25) is 15.2 Å². The predicted octanol–water partition coefficient (Wildman–Crippen LogP) is 4.86. The molecule has 3 nitrogen and oxygen atoms in total. The summed E-state index contributed by atoms with van der Waals surface area (Å²) in [6.45, 7) is 2.03. The largest absolute Gasteiger partial charge is 0.260 e. The first-order valence-corrected chi connectivity index (χ1v) is 6.88. The first-order chi connectivity index (χ1) is 8.56. The van der Waals surface area contributed by atoms with Crippen molar-refractivity contribution >= 4 is 58.2 Å². The van der Waals surface area contributed by atoms with Gasteiger partial charge < -0.3 is 0 Å². The Hall–Kier alpha value is -0.810. The molecule has 0 saturated carbocycles. The highest BCUT2D eigenvalue weighted by Crippen LogP contribution is 2.28. The van der Waals surface area contributed by atoms with Gasteiger partial charge >= 0.3 is 0 Å². The minimum absolute atomic E-state index is 0.186. The van der Waals surface area contributed by atoms with Gasteiger partial charge in [0.2, 0.25) is 0 Å². The normalized spacial score (nSPS) is 11.1. The summed E-state index contributed by atoms with van der Waals surface area (Å²) in [6, 6.07) is 5.52. The maximum absolute atomic E-state index is 5.95. The second-order valence-electron chi connectivity index (χ2n) is 3.41. The summed E-state index contributed by atoms with van der Waals surface area (Å²) in [5.74, 6) is 0.371. The molecule has 0 fully saturated rings. The summed E-state index contributed by atoms with van der Waals surface area (Å²) in [6.07, 6.45) is 1.69. The monoisotopic (exact) mass is 319 g/mol. The highest BCUT2D eigenvalue weighted by atomic mass is 35.5. The Morgan fingerprint density at radius 1 is 1.28 bits per heavy atom. The quantitative estimate of drug-likeness (QED) is 0.498. The number of hydrazone groups is 1. The molecule has 0 radical (unpaired) electrons. The standard InChI is InChI=1S/C11H8Cl3N3S/c1-6-2-3-7(18-6)5-15-17-11-9(13)4-8(12)10(14)16-11/h2-5H,1H3,(H,16,17)/b15-5-. The SMILES string of the molecule is Cc1ccc(/C=N\Nc2nc(Cl)c(Cl)cc2Cl)s1. The average Bonchev–Trinajstić information content (AvgIpc) is 2.71. The van der Waals surface area contributed by atoms with Gasteiger partial charge in [0, 0.05) is 9.75 Å². The molecular weight excluding hydrogens is 313 g/mol. The summed E-state index contributed by atoms with van der Waals surface area (Å²) < 4.78 is 0. The van der Waals surface area contributed by atoms with E-state index in [-0.39, 0.29) is 5.15 Å². The maximum atomic E-state index is 5.95. The Morgan fingerprint density at radius 2 is 2.06 bits per heavy atom. The van der Waals surface area contributed by atoms with Crippen LogP contribution in [0.4, 0.5) is 5.82 Å². The predicted molar refractivity (Wildman–Crippen MR) is 79.5 cm³/mol. The van der Waals surface area contributed by atoms with Gasteiger partial charge in [0.25, 0.3) is 0 Å². The Labute approximate surface area is 123 Å². The van der Waals surface area contributed by atoms with Crippen LogP contribution in [0.1, 0.15) is 9.75 Å². The van der Waals surface area contributed by atoms with Crippen LogP contribution >= 0.6 is 46.1 Å². The Kier molecular flexibility index (Phi) is 4.45. The Balaban J connectivity index is 2.11. The van der Waals surface area contributed by atoms with Crippen molar-refractivity contribution in [3.63, 3.8) is 0 Å². The third kappa shape index (κ3) is 3.36. The van der Waals surface area contributed by atoms with E-state index in [4.69, 9.17) is 34.8 Å². The van der Waals surface area contributed by atoms with Crippen LogP contribution in [-0.4, -0.2) is 11.2 Å². The van der Waals surface area contributed by atoms with Gasteiger partial charge in [-0.3, -0.25) is 5.43 Å². The fourth-order valence-electron chi connectivity index (χ4n) is 1.20. The molecule has 2 heterocycles. The molecule has 0 atom stereocenters. The molecule has 18 heavy (non-hydrogen) atoms. The number of anilines is 1. The number of aryl methyl sites for hydroxylation is 1. The first kappa shape index (κ1) is 13.6. The molecule has 0 amide bonds. The Bertz CT molecular complexity index is 595. The lowest BCUT2D eigenvalue weighted by Crippen LogP contribution is -1.94. The molecule has 0 aliphatic carbocycles. The number of rotatable bonds is 3. The van der Waals surface area contributed by atoms with Gasteiger partial charge in [-0.15, -0.1) is 11.3 Å². The first-order valence-electron chi connectivity index (χ1n) is 4.93.